The molecule has 0 bridgehead atoms. The molecule has 0 saturated heterocycles. The van der Waals surface area contributed by atoms with E-state index in [0.717, 1.165) is 0 Å². The summed E-state index contributed by atoms with van der Waals surface area (Å²) in [5, 5.41) is 9.11. The summed E-state index contributed by atoms with van der Waals surface area (Å²) in [5.41, 5.74) is -2.75. The molecule has 76 heavy (non-hydrogen) atoms. The van der Waals surface area contributed by atoms with E-state index in [1.54, 1.807) is 0 Å². The third-order valence-corrected chi connectivity index (χ3v) is 22.9. The number of hydrogen-bond donors (Lipinski definition) is 0. The van der Waals surface area contributed by atoms with Crippen LogP contribution in [0.2, 0.25) is 0 Å². The molecule has 0 fully saturated rings. The fourth-order valence-corrected chi connectivity index (χ4v) is 19.0. The molecule has 0 atom stereocenters. The Hall–Kier alpha value is 1.06. The van der Waals surface area contributed by atoms with Crippen molar-refractivity contribution >= 4 is 159 Å². The average Bonchev–Trinajstić information content (AvgIpc) is 3.49. The van der Waals surface area contributed by atoms with Crippen LogP contribution in [0.15, 0.2) is 182 Å². The van der Waals surface area contributed by atoms with E-state index in [9.17, 15) is 0 Å². The molecule has 0 N–H and O–H groups in total. The van der Waals surface area contributed by atoms with Gasteiger partial charge in [0.2, 0.25) is 0 Å². The summed E-state index contributed by atoms with van der Waals surface area (Å²) in [6, 6.07) is 68.0. The molecule has 0 radical (unpaired) electrons. The van der Waals surface area contributed by atoms with Crippen molar-refractivity contribution in [3.63, 3.8) is 0 Å². The predicted molar refractivity (Wildman–Crippen MR) is 374 cm³/mol. The van der Waals surface area contributed by atoms with Crippen LogP contribution in [0, 0.1) is 0 Å². The molecule has 0 saturated carbocycles. The maximum absolute atomic E-state index is 3.27. The van der Waals surface area contributed by atoms with Gasteiger partial charge in [-0.2, -0.15) is 0 Å². The van der Waals surface area contributed by atoms with Crippen molar-refractivity contribution in [3.05, 3.63) is 182 Å². The monoisotopic (exact) mass is 1660 g/mol. The zero-order valence-corrected chi connectivity index (χ0v) is 62.2. The van der Waals surface area contributed by atoms with Crippen LogP contribution >= 0.6 is 127 Å². The number of benzene rings is 6. The summed E-state index contributed by atoms with van der Waals surface area (Å²) in [4.78, 5) is 0. The number of unbranched alkanes of at least 4 members (excludes halogenated alkanes) is 22. The Labute approximate surface area is 526 Å². The first-order chi connectivity index (χ1) is 36.8. The molecule has 6 aromatic carbocycles. The van der Waals surface area contributed by atoms with E-state index >= 15 is 0 Å². The second-order valence-corrected chi connectivity index (χ2v) is 98.2. The molecule has 0 aliphatic rings. The molecule has 6 rings (SSSR count). The first kappa shape index (κ1) is 71.3. The van der Waals surface area contributed by atoms with Crippen LogP contribution in [0.3, 0.4) is 0 Å². The topological polar surface area (TPSA) is 0 Å². The van der Waals surface area contributed by atoms with Crippen molar-refractivity contribution in [3.8, 4) is 0 Å². The minimum atomic E-state index is -1.63. The van der Waals surface area contributed by atoms with Gasteiger partial charge in [-0.3, -0.25) is 0 Å². The Morgan fingerprint density at radius 1 is 0.224 bits per heavy atom. The summed E-state index contributed by atoms with van der Waals surface area (Å²) in [6.45, 7) is 4.59. The Morgan fingerprint density at radius 2 is 0.355 bits per heavy atom. The zero-order valence-electron chi connectivity index (χ0n) is 45.4. The molecule has 0 aliphatic carbocycles. The number of rotatable bonds is 32. The molecule has 12 heteroatoms. The summed E-state index contributed by atoms with van der Waals surface area (Å²) in [7, 11) is -3.27. The fraction of sp³-hybridized carbons (Fsp3) is 0.438. The van der Waals surface area contributed by atoms with E-state index in [2.05, 4.69) is 309 Å². The van der Waals surface area contributed by atoms with E-state index in [1.165, 1.54) is 198 Å². The van der Waals surface area contributed by atoms with E-state index < -0.39 is 25.8 Å². The fourth-order valence-electron chi connectivity index (χ4n) is 10.1. The first-order valence-corrected chi connectivity index (χ1v) is 55.3. The molecular formula is C64H88Br8Mn2P2. The summed E-state index contributed by atoms with van der Waals surface area (Å²) in [5.74, 6) is 0. The number of hydrogen-bond acceptors (Lipinski definition) is 0. The first-order valence-electron chi connectivity index (χ1n) is 28.0. The Kier molecular flexibility index (Phi) is 41.0. The summed E-state index contributed by atoms with van der Waals surface area (Å²) >= 11 is 26.1. The third-order valence-electron chi connectivity index (χ3n) is 13.9. The quantitative estimate of drug-likeness (QED) is 0.0224. The SMILES string of the molecule is CCCCCCCCCCCCCC[P+](c1ccccc1)(c1ccccc1)c1ccccc1.CCCCCCCCCCCCCC[P+](c1ccccc1)(c1ccccc1)c1ccccc1.[Br][Mn-]([Br])([Br])[Br].[Br][Mn-]([Br])([Br])[Br]. The van der Waals surface area contributed by atoms with E-state index in [-0.39, 0.29) is 0 Å². The summed E-state index contributed by atoms with van der Waals surface area (Å²) in [6.07, 6.45) is 36.2. The molecule has 0 nitrogen and oxygen atoms in total. The van der Waals surface area contributed by atoms with Crippen molar-refractivity contribution in [2.24, 2.45) is 0 Å². The van der Waals surface area contributed by atoms with Gasteiger partial charge in [0, 0.05) is 0 Å². The molecule has 0 unspecified atom stereocenters. The molecular weight excluding hydrogens is 1580 g/mol. The standard InChI is InChI=1S/2C32H44P.8BrH.2Mn/c2*1-2-3-4-5-6-7-8-9-10-11-12-22-29-33(30-23-16-13-17-24-30,31-25-18-14-19-26-31)32-27-20-15-21-28-32;;;;;;;;;;/h2*13-21,23-28H,2-12,22,29H2,1H3;8*1H;;/q2*+1;;;;;;;;;2*+3/p-8. The van der Waals surface area contributed by atoms with E-state index in [4.69, 9.17) is 0 Å². The van der Waals surface area contributed by atoms with Gasteiger partial charge in [0.05, 0.1) is 12.3 Å². The maximum atomic E-state index is 3.27. The van der Waals surface area contributed by atoms with Crippen molar-refractivity contribution < 1.29 is 11.2 Å². The Bertz CT molecular complexity index is 1890. The van der Waals surface area contributed by atoms with Crippen LogP contribution in [0.5, 0.6) is 0 Å². The molecule has 6 aromatic rings. The van der Waals surface area contributed by atoms with Crippen LogP contribution in [-0.4, -0.2) is 12.3 Å². The van der Waals surface area contributed by atoms with Crippen molar-refractivity contribution in [2.45, 2.75) is 168 Å². The van der Waals surface area contributed by atoms with Crippen molar-refractivity contribution in [1.29, 1.82) is 0 Å². The second-order valence-electron chi connectivity index (χ2n) is 19.5. The van der Waals surface area contributed by atoms with Gasteiger partial charge < -0.3 is 0 Å². The van der Waals surface area contributed by atoms with Crippen LogP contribution in [-0.2, 0) is 11.2 Å². The Balaban J connectivity index is 0.000000339. The van der Waals surface area contributed by atoms with Crippen molar-refractivity contribution in [2.75, 3.05) is 12.3 Å². The van der Waals surface area contributed by atoms with Crippen LogP contribution in [0.25, 0.3) is 0 Å². The van der Waals surface area contributed by atoms with Gasteiger partial charge in [-0.25, -0.2) is 0 Å². The van der Waals surface area contributed by atoms with E-state index in [0.29, 0.717) is 0 Å². The Morgan fingerprint density at radius 3 is 0.500 bits per heavy atom. The van der Waals surface area contributed by atoms with E-state index in [1.807, 2.05) is 0 Å². The summed E-state index contributed by atoms with van der Waals surface area (Å²) < 4.78 is 0. The van der Waals surface area contributed by atoms with Gasteiger partial charge in [-0.05, 0) is 98.5 Å². The molecule has 0 spiro atoms. The number of halogens is 8. The predicted octanol–water partition coefficient (Wildman–Crippen LogP) is 24.1. The molecule has 0 amide bonds. The zero-order chi connectivity index (χ0) is 55.1. The molecule has 0 aliphatic heterocycles. The molecule has 0 heterocycles. The van der Waals surface area contributed by atoms with Gasteiger partial charge in [0.15, 0.2) is 0 Å². The second kappa shape index (κ2) is 43.7. The van der Waals surface area contributed by atoms with Gasteiger partial charge in [0.25, 0.3) is 0 Å². The van der Waals surface area contributed by atoms with Gasteiger partial charge >= 0.3 is 124 Å². The minimum absolute atomic E-state index is 1.27. The van der Waals surface area contributed by atoms with Gasteiger partial charge in [-0.15, -0.1) is 0 Å². The average molecular weight is 1670 g/mol. The van der Waals surface area contributed by atoms with Crippen LogP contribution in [0.1, 0.15) is 168 Å². The molecule has 0 aromatic heterocycles. The normalized spacial score (nSPS) is 12.0. The van der Waals surface area contributed by atoms with Gasteiger partial charge in [0.1, 0.15) is 46.4 Å². The van der Waals surface area contributed by atoms with Crippen LogP contribution in [0.4, 0.5) is 0 Å². The van der Waals surface area contributed by atoms with Crippen molar-refractivity contribution in [1.82, 2.24) is 0 Å². The molecule has 424 valence electrons. The third kappa shape index (κ3) is 31.1. The van der Waals surface area contributed by atoms with Gasteiger partial charge in [-0.1, -0.05) is 251 Å². The van der Waals surface area contributed by atoms with Crippen LogP contribution < -0.4 is 31.8 Å².